The second kappa shape index (κ2) is 6.46. The van der Waals surface area contributed by atoms with E-state index in [0.29, 0.717) is 12.0 Å². The van der Waals surface area contributed by atoms with Crippen LogP contribution >= 0.6 is 0 Å². The Labute approximate surface area is 93.2 Å². The Bertz CT molecular complexity index is 173. The van der Waals surface area contributed by atoms with Crippen LogP contribution in [0.25, 0.3) is 0 Å². The van der Waals surface area contributed by atoms with Gasteiger partial charge in [-0.2, -0.15) is 0 Å². The van der Waals surface area contributed by atoms with Gasteiger partial charge in [-0.25, -0.2) is 0 Å². The van der Waals surface area contributed by atoms with E-state index in [1.165, 1.54) is 0 Å². The quantitative estimate of drug-likeness (QED) is 0.706. The minimum absolute atomic E-state index is 0.159. The van der Waals surface area contributed by atoms with Crippen LogP contribution in [0, 0.1) is 5.92 Å². The fraction of sp³-hybridized carbons (Fsp3) is 1.00. The summed E-state index contributed by atoms with van der Waals surface area (Å²) in [6, 6.07) is 0.639. The van der Waals surface area contributed by atoms with E-state index in [0.717, 1.165) is 32.5 Å². The van der Waals surface area contributed by atoms with Gasteiger partial charge in [-0.3, -0.25) is 0 Å². The summed E-state index contributed by atoms with van der Waals surface area (Å²) < 4.78 is 5.46. The van der Waals surface area contributed by atoms with Gasteiger partial charge in [0.1, 0.15) is 0 Å². The zero-order valence-electron chi connectivity index (χ0n) is 10.2. The summed E-state index contributed by atoms with van der Waals surface area (Å²) in [4.78, 5) is 0. The van der Waals surface area contributed by atoms with Gasteiger partial charge in [-0.1, -0.05) is 13.8 Å². The van der Waals surface area contributed by atoms with E-state index >= 15 is 0 Å². The normalized spacial score (nSPS) is 28.6. The molecule has 3 atom stereocenters. The molecule has 1 saturated carbocycles. The lowest BCUT2D eigenvalue weighted by Crippen LogP contribution is -2.47. The first-order chi connectivity index (χ1) is 7.15. The SMILES string of the molecule is CCOCC(N[C@@H]1CCC[C@H]1O)C(C)C. The summed E-state index contributed by atoms with van der Waals surface area (Å²) in [7, 11) is 0. The van der Waals surface area contributed by atoms with Gasteiger partial charge in [0.25, 0.3) is 0 Å². The Kier molecular flexibility index (Phi) is 5.58. The molecule has 1 fully saturated rings. The Morgan fingerprint density at radius 3 is 2.60 bits per heavy atom. The predicted octanol–water partition coefficient (Wildman–Crippen LogP) is 1.55. The van der Waals surface area contributed by atoms with Crippen LogP contribution in [0.4, 0.5) is 0 Å². The lowest BCUT2D eigenvalue weighted by Gasteiger charge is -2.27. The van der Waals surface area contributed by atoms with Crippen molar-refractivity contribution in [3.05, 3.63) is 0 Å². The van der Waals surface area contributed by atoms with Gasteiger partial charge in [-0.15, -0.1) is 0 Å². The maximum absolute atomic E-state index is 9.74. The van der Waals surface area contributed by atoms with Crippen LogP contribution in [0.1, 0.15) is 40.0 Å². The lowest BCUT2D eigenvalue weighted by atomic mass is 10.0. The molecule has 0 bridgehead atoms. The third-order valence-electron chi connectivity index (χ3n) is 3.21. The summed E-state index contributed by atoms with van der Waals surface area (Å²) in [6.45, 7) is 7.91. The van der Waals surface area contributed by atoms with E-state index in [2.05, 4.69) is 19.2 Å². The molecule has 0 amide bonds. The first-order valence-electron chi connectivity index (χ1n) is 6.17. The van der Waals surface area contributed by atoms with Gasteiger partial charge in [0.15, 0.2) is 0 Å². The third kappa shape index (κ3) is 4.09. The Morgan fingerprint density at radius 1 is 1.40 bits per heavy atom. The molecule has 1 aliphatic carbocycles. The largest absolute Gasteiger partial charge is 0.392 e. The maximum atomic E-state index is 9.74. The molecule has 3 heteroatoms. The summed E-state index contributed by atoms with van der Waals surface area (Å²) in [5.41, 5.74) is 0. The van der Waals surface area contributed by atoms with E-state index in [1.807, 2.05) is 6.92 Å². The van der Waals surface area contributed by atoms with Crippen molar-refractivity contribution in [3.63, 3.8) is 0 Å². The minimum Gasteiger partial charge on any atom is -0.392 e. The van der Waals surface area contributed by atoms with Crippen molar-refractivity contribution < 1.29 is 9.84 Å². The topological polar surface area (TPSA) is 41.5 Å². The van der Waals surface area contributed by atoms with Crippen LogP contribution in [-0.4, -0.2) is 36.5 Å². The smallest absolute Gasteiger partial charge is 0.0693 e. The zero-order chi connectivity index (χ0) is 11.3. The van der Waals surface area contributed by atoms with Crippen molar-refractivity contribution >= 4 is 0 Å². The van der Waals surface area contributed by atoms with Gasteiger partial charge < -0.3 is 15.2 Å². The molecule has 0 saturated heterocycles. The molecule has 15 heavy (non-hydrogen) atoms. The van der Waals surface area contributed by atoms with Crippen LogP contribution < -0.4 is 5.32 Å². The number of hydrogen-bond acceptors (Lipinski definition) is 3. The standard InChI is InChI=1S/C12H25NO2/c1-4-15-8-11(9(2)3)13-10-6-5-7-12(10)14/h9-14H,4-8H2,1-3H3/t10-,11?,12-/m1/s1. The van der Waals surface area contributed by atoms with E-state index in [4.69, 9.17) is 4.74 Å². The molecule has 0 aromatic carbocycles. The monoisotopic (exact) mass is 215 g/mol. The van der Waals surface area contributed by atoms with Crippen LogP contribution in [0.3, 0.4) is 0 Å². The molecule has 1 aliphatic rings. The molecule has 0 heterocycles. The van der Waals surface area contributed by atoms with Gasteiger partial charge in [-0.05, 0) is 32.1 Å². The first kappa shape index (κ1) is 12.9. The molecule has 1 unspecified atom stereocenters. The average molecular weight is 215 g/mol. The zero-order valence-corrected chi connectivity index (χ0v) is 10.2. The molecular formula is C12H25NO2. The second-order valence-corrected chi connectivity index (χ2v) is 4.78. The van der Waals surface area contributed by atoms with E-state index in [-0.39, 0.29) is 12.1 Å². The summed E-state index contributed by atoms with van der Waals surface area (Å²) in [5.74, 6) is 0.546. The van der Waals surface area contributed by atoms with Crippen LogP contribution in [0.15, 0.2) is 0 Å². The van der Waals surface area contributed by atoms with Crippen LogP contribution in [-0.2, 0) is 4.74 Å². The van der Waals surface area contributed by atoms with Gasteiger partial charge in [0.05, 0.1) is 12.7 Å². The van der Waals surface area contributed by atoms with Crippen molar-refractivity contribution in [1.29, 1.82) is 0 Å². The van der Waals surface area contributed by atoms with Crippen molar-refractivity contribution in [2.75, 3.05) is 13.2 Å². The highest BCUT2D eigenvalue weighted by Crippen LogP contribution is 2.20. The first-order valence-corrected chi connectivity index (χ1v) is 6.17. The maximum Gasteiger partial charge on any atom is 0.0693 e. The Morgan fingerprint density at radius 2 is 2.13 bits per heavy atom. The van der Waals surface area contributed by atoms with E-state index in [9.17, 15) is 5.11 Å². The van der Waals surface area contributed by atoms with E-state index < -0.39 is 0 Å². The lowest BCUT2D eigenvalue weighted by molar-refractivity contribution is 0.0849. The summed E-state index contributed by atoms with van der Waals surface area (Å²) in [6.07, 6.45) is 3.01. The van der Waals surface area contributed by atoms with Crippen molar-refractivity contribution in [2.45, 2.75) is 58.2 Å². The second-order valence-electron chi connectivity index (χ2n) is 4.78. The van der Waals surface area contributed by atoms with Crippen molar-refractivity contribution in [1.82, 2.24) is 5.32 Å². The molecule has 90 valence electrons. The highest BCUT2D eigenvalue weighted by atomic mass is 16.5. The van der Waals surface area contributed by atoms with Crippen LogP contribution in [0.5, 0.6) is 0 Å². The Hall–Kier alpha value is -0.120. The third-order valence-corrected chi connectivity index (χ3v) is 3.21. The molecular weight excluding hydrogens is 190 g/mol. The summed E-state index contributed by atoms with van der Waals surface area (Å²) in [5, 5.41) is 13.3. The predicted molar refractivity (Wildman–Crippen MR) is 61.9 cm³/mol. The number of aliphatic hydroxyl groups is 1. The molecule has 0 spiro atoms. The molecule has 1 rings (SSSR count). The highest BCUT2D eigenvalue weighted by Gasteiger charge is 2.28. The molecule has 0 aromatic heterocycles. The van der Waals surface area contributed by atoms with Crippen molar-refractivity contribution in [3.8, 4) is 0 Å². The number of ether oxygens (including phenoxy) is 1. The molecule has 2 N–H and O–H groups in total. The van der Waals surface area contributed by atoms with Gasteiger partial charge in [0.2, 0.25) is 0 Å². The number of rotatable bonds is 6. The number of hydrogen-bond donors (Lipinski definition) is 2. The van der Waals surface area contributed by atoms with Gasteiger partial charge in [0, 0.05) is 18.7 Å². The average Bonchev–Trinajstić information content (AvgIpc) is 2.58. The highest BCUT2D eigenvalue weighted by molar-refractivity contribution is 4.86. The van der Waals surface area contributed by atoms with Gasteiger partial charge >= 0.3 is 0 Å². The van der Waals surface area contributed by atoms with Crippen LogP contribution in [0.2, 0.25) is 0 Å². The van der Waals surface area contributed by atoms with E-state index in [1.54, 1.807) is 0 Å². The molecule has 0 aliphatic heterocycles. The molecule has 0 radical (unpaired) electrons. The summed E-state index contributed by atoms with van der Waals surface area (Å²) >= 11 is 0. The van der Waals surface area contributed by atoms with Crippen molar-refractivity contribution in [2.24, 2.45) is 5.92 Å². The Balaban J connectivity index is 2.35. The number of nitrogens with one attached hydrogen (secondary N) is 1. The molecule has 3 nitrogen and oxygen atoms in total. The fourth-order valence-electron chi connectivity index (χ4n) is 2.09. The molecule has 0 aromatic rings. The number of aliphatic hydroxyl groups excluding tert-OH is 1. The minimum atomic E-state index is -0.159. The fourth-order valence-corrected chi connectivity index (χ4v) is 2.09.